The van der Waals surface area contributed by atoms with E-state index < -0.39 is 0 Å². The number of amides is 1. The highest BCUT2D eigenvalue weighted by molar-refractivity contribution is 5.88. The quantitative estimate of drug-likeness (QED) is 0.812. The first-order chi connectivity index (χ1) is 9.15. The number of aromatic amines is 1. The van der Waals surface area contributed by atoms with Gasteiger partial charge in [0.05, 0.1) is 17.6 Å². The summed E-state index contributed by atoms with van der Waals surface area (Å²) < 4.78 is 0. The SMILES string of the molecule is C/C(=C\C(=O)N1CCC(c2[nH]ncc2N)C1)C1CC1. The van der Waals surface area contributed by atoms with E-state index in [1.807, 2.05) is 11.0 Å². The van der Waals surface area contributed by atoms with Gasteiger partial charge in [-0.25, -0.2) is 0 Å². The van der Waals surface area contributed by atoms with Crippen LogP contribution in [0.25, 0.3) is 0 Å². The highest BCUT2D eigenvalue weighted by Crippen LogP contribution is 2.36. The van der Waals surface area contributed by atoms with Gasteiger partial charge in [0.2, 0.25) is 5.91 Å². The van der Waals surface area contributed by atoms with Crippen LogP contribution in [0.1, 0.15) is 37.8 Å². The van der Waals surface area contributed by atoms with Crippen LogP contribution in [0.15, 0.2) is 17.8 Å². The average Bonchev–Trinajstić information content (AvgIpc) is 2.97. The van der Waals surface area contributed by atoms with E-state index in [2.05, 4.69) is 17.1 Å². The molecule has 2 fully saturated rings. The Morgan fingerprint density at radius 2 is 2.32 bits per heavy atom. The normalized spacial score (nSPS) is 23.9. The molecule has 5 heteroatoms. The van der Waals surface area contributed by atoms with Crippen LogP contribution in [-0.4, -0.2) is 34.1 Å². The van der Waals surface area contributed by atoms with Crippen molar-refractivity contribution in [1.29, 1.82) is 0 Å². The molecule has 0 bridgehead atoms. The number of carbonyl (C=O) groups excluding carboxylic acids is 1. The van der Waals surface area contributed by atoms with Crippen molar-refractivity contribution in [2.45, 2.75) is 32.1 Å². The molecule has 0 spiro atoms. The third-order valence-electron chi connectivity index (χ3n) is 4.18. The lowest BCUT2D eigenvalue weighted by molar-refractivity contribution is -0.125. The summed E-state index contributed by atoms with van der Waals surface area (Å²) in [5.41, 5.74) is 8.76. The lowest BCUT2D eigenvalue weighted by Crippen LogP contribution is -2.27. The number of nitrogens with one attached hydrogen (secondary N) is 1. The second-order valence-electron chi connectivity index (χ2n) is 5.67. The Hall–Kier alpha value is -1.78. The molecule has 3 N–H and O–H groups in total. The number of likely N-dealkylation sites (tertiary alicyclic amines) is 1. The third-order valence-corrected chi connectivity index (χ3v) is 4.18. The van der Waals surface area contributed by atoms with Crippen molar-refractivity contribution in [3.05, 3.63) is 23.5 Å². The van der Waals surface area contributed by atoms with Crippen molar-refractivity contribution in [3.8, 4) is 0 Å². The van der Waals surface area contributed by atoms with E-state index in [4.69, 9.17) is 5.73 Å². The Morgan fingerprint density at radius 3 is 2.95 bits per heavy atom. The fourth-order valence-corrected chi connectivity index (χ4v) is 2.77. The molecule has 1 amide bonds. The first-order valence-corrected chi connectivity index (χ1v) is 6.91. The molecule has 1 aromatic heterocycles. The Balaban J connectivity index is 1.64. The summed E-state index contributed by atoms with van der Waals surface area (Å²) in [4.78, 5) is 14.1. The number of hydrogen-bond acceptors (Lipinski definition) is 3. The van der Waals surface area contributed by atoms with Crippen LogP contribution in [0.2, 0.25) is 0 Å². The maximum atomic E-state index is 12.2. The minimum absolute atomic E-state index is 0.144. The molecular weight excluding hydrogens is 240 g/mol. The summed E-state index contributed by atoms with van der Waals surface area (Å²) in [6.45, 7) is 3.60. The van der Waals surface area contributed by atoms with E-state index in [9.17, 15) is 4.79 Å². The van der Waals surface area contributed by atoms with Crippen LogP contribution < -0.4 is 5.73 Å². The number of nitrogens with zero attached hydrogens (tertiary/aromatic N) is 2. The van der Waals surface area contributed by atoms with Crippen LogP contribution in [-0.2, 0) is 4.79 Å². The van der Waals surface area contributed by atoms with Gasteiger partial charge in [0.1, 0.15) is 0 Å². The lowest BCUT2D eigenvalue weighted by atomic mass is 10.0. The van der Waals surface area contributed by atoms with Crippen LogP contribution >= 0.6 is 0 Å². The molecule has 2 aliphatic rings. The fourth-order valence-electron chi connectivity index (χ4n) is 2.77. The van der Waals surface area contributed by atoms with Crippen molar-refractivity contribution in [3.63, 3.8) is 0 Å². The number of H-pyrrole nitrogens is 1. The molecule has 2 heterocycles. The summed E-state index contributed by atoms with van der Waals surface area (Å²) in [5.74, 6) is 1.09. The average molecular weight is 260 g/mol. The van der Waals surface area contributed by atoms with Crippen molar-refractivity contribution in [2.75, 3.05) is 18.8 Å². The number of allylic oxidation sites excluding steroid dienone is 1. The van der Waals surface area contributed by atoms with E-state index in [-0.39, 0.29) is 5.91 Å². The van der Waals surface area contributed by atoms with Crippen molar-refractivity contribution in [1.82, 2.24) is 15.1 Å². The molecule has 1 atom stereocenters. The van der Waals surface area contributed by atoms with Gasteiger partial charge in [-0.2, -0.15) is 5.10 Å². The zero-order valence-corrected chi connectivity index (χ0v) is 11.2. The molecule has 1 saturated heterocycles. The van der Waals surface area contributed by atoms with Crippen LogP contribution in [0, 0.1) is 5.92 Å². The standard InChI is InChI=1S/C14H20N4O/c1-9(10-2-3-10)6-13(19)18-5-4-11(8-18)14-12(15)7-16-17-14/h6-7,10-11H,2-5,8,15H2,1H3,(H,16,17)/b9-6+. The molecule has 1 aliphatic heterocycles. The number of rotatable bonds is 3. The number of hydrogen-bond donors (Lipinski definition) is 2. The Bertz CT molecular complexity index is 515. The predicted octanol–water partition coefficient (Wildman–Crippen LogP) is 1.66. The van der Waals surface area contributed by atoms with Gasteiger partial charge in [-0.15, -0.1) is 0 Å². The summed E-state index contributed by atoms with van der Waals surface area (Å²) in [6.07, 6.45) is 6.88. The van der Waals surface area contributed by atoms with Crippen LogP contribution in [0.3, 0.4) is 0 Å². The molecule has 0 aromatic carbocycles. The minimum Gasteiger partial charge on any atom is -0.396 e. The number of nitrogen functional groups attached to an aromatic ring is 1. The van der Waals surface area contributed by atoms with Crippen molar-refractivity contribution < 1.29 is 4.79 Å². The minimum atomic E-state index is 0.144. The van der Waals surface area contributed by atoms with Gasteiger partial charge >= 0.3 is 0 Å². The Morgan fingerprint density at radius 1 is 1.53 bits per heavy atom. The zero-order valence-electron chi connectivity index (χ0n) is 11.2. The molecule has 1 unspecified atom stereocenters. The Kier molecular flexibility index (Phi) is 3.05. The van der Waals surface area contributed by atoms with Crippen molar-refractivity contribution >= 4 is 11.6 Å². The topological polar surface area (TPSA) is 75.0 Å². The summed E-state index contributed by atoms with van der Waals surface area (Å²) in [5, 5.41) is 6.90. The monoisotopic (exact) mass is 260 g/mol. The van der Waals surface area contributed by atoms with Gasteiger partial charge in [0, 0.05) is 25.1 Å². The molecular formula is C14H20N4O. The molecule has 19 heavy (non-hydrogen) atoms. The number of aromatic nitrogens is 2. The number of anilines is 1. The van der Waals surface area contributed by atoms with Gasteiger partial charge in [-0.1, -0.05) is 5.57 Å². The summed E-state index contributed by atoms with van der Waals surface area (Å²) in [7, 11) is 0. The molecule has 102 valence electrons. The predicted molar refractivity (Wildman–Crippen MR) is 73.4 cm³/mol. The zero-order chi connectivity index (χ0) is 13.4. The van der Waals surface area contributed by atoms with Gasteiger partial charge < -0.3 is 10.6 Å². The van der Waals surface area contributed by atoms with Crippen LogP contribution in [0.5, 0.6) is 0 Å². The maximum Gasteiger partial charge on any atom is 0.246 e. The van der Waals surface area contributed by atoms with E-state index >= 15 is 0 Å². The van der Waals surface area contributed by atoms with Crippen molar-refractivity contribution in [2.24, 2.45) is 5.92 Å². The van der Waals surface area contributed by atoms with Crippen LogP contribution in [0.4, 0.5) is 5.69 Å². The smallest absolute Gasteiger partial charge is 0.246 e. The van der Waals surface area contributed by atoms with Gasteiger partial charge in [0.15, 0.2) is 0 Å². The molecule has 0 radical (unpaired) electrons. The maximum absolute atomic E-state index is 12.2. The molecule has 1 aliphatic carbocycles. The van der Waals surface area contributed by atoms with E-state index in [0.717, 1.165) is 25.2 Å². The summed E-state index contributed by atoms with van der Waals surface area (Å²) >= 11 is 0. The molecule has 1 saturated carbocycles. The first-order valence-electron chi connectivity index (χ1n) is 6.91. The largest absolute Gasteiger partial charge is 0.396 e. The number of nitrogens with two attached hydrogens (primary N) is 1. The van der Waals surface area contributed by atoms with Gasteiger partial charge in [-0.05, 0) is 32.1 Å². The molecule has 1 aromatic rings. The third kappa shape index (κ3) is 2.50. The van der Waals surface area contributed by atoms with Gasteiger partial charge in [-0.3, -0.25) is 9.89 Å². The van der Waals surface area contributed by atoms with Gasteiger partial charge in [0.25, 0.3) is 0 Å². The second kappa shape index (κ2) is 4.72. The summed E-state index contributed by atoms with van der Waals surface area (Å²) in [6, 6.07) is 0. The second-order valence-corrected chi connectivity index (χ2v) is 5.67. The fraction of sp³-hybridized carbons (Fsp3) is 0.571. The molecule has 3 rings (SSSR count). The Labute approximate surface area is 112 Å². The highest BCUT2D eigenvalue weighted by atomic mass is 16.2. The van der Waals surface area contributed by atoms with E-state index in [1.54, 1.807) is 6.20 Å². The highest BCUT2D eigenvalue weighted by Gasteiger charge is 2.30. The van der Waals surface area contributed by atoms with E-state index in [0.29, 0.717) is 17.5 Å². The first kappa shape index (κ1) is 12.3. The van der Waals surface area contributed by atoms with E-state index in [1.165, 1.54) is 18.4 Å². The lowest BCUT2D eigenvalue weighted by Gasteiger charge is -2.14. The number of carbonyl (C=O) groups is 1. The molecule has 5 nitrogen and oxygen atoms in total.